The van der Waals surface area contributed by atoms with Gasteiger partial charge in [-0.1, -0.05) is 18.9 Å². The molecule has 2 atom stereocenters. The van der Waals surface area contributed by atoms with E-state index in [9.17, 15) is 9.59 Å². The minimum absolute atomic E-state index is 0.141. The second-order valence-electron chi connectivity index (χ2n) is 6.66. The van der Waals surface area contributed by atoms with Crippen LogP contribution in [0.1, 0.15) is 48.9 Å². The molecule has 1 saturated carbocycles. The largest absolute Gasteiger partial charge is 0.335 e. The number of fused-ring (bicyclic) bond motifs is 2. The Labute approximate surface area is 135 Å². The van der Waals surface area contributed by atoms with E-state index in [0.717, 1.165) is 19.4 Å². The first-order valence-corrected chi connectivity index (χ1v) is 8.53. The van der Waals surface area contributed by atoms with Gasteiger partial charge < -0.3 is 4.90 Å². The number of amides is 1. The van der Waals surface area contributed by atoms with Crippen molar-refractivity contribution in [1.82, 2.24) is 14.3 Å². The van der Waals surface area contributed by atoms with Crippen LogP contribution in [-0.2, 0) is 0 Å². The van der Waals surface area contributed by atoms with Crippen LogP contribution in [0.25, 0.3) is 5.65 Å². The molecule has 1 aliphatic carbocycles. The summed E-state index contributed by atoms with van der Waals surface area (Å²) in [5, 5.41) is 0. The molecule has 1 aliphatic heterocycles. The van der Waals surface area contributed by atoms with Gasteiger partial charge in [0.1, 0.15) is 11.2 Å². The van der Waals surface area contributed by atoms with Crippen molar-refractivity contribution in [1.29, 1.82) is 0 Å². The average Bonchev–Trinajstić information content (AvgIpc) is 2.61. The molecule has 0 spiro atoms. The standard InChI is InChI=1S/C18H21N3O2/c22-17(20-11-5-7-13-6-1-2-8-15(13)20)14-12-19-16-9-3-4-10-21(16)18(14)23/h3-4,9-10,12-13,15H,1-2,5-8,11H2/t13-,15+/m1/s1. The Bertz CT molecular complexity index is 796. The fourth-order valence-corrected chi connectivity index (χ4v) is 4.21. The maximum absolute atomic E-state index is 13.0. The van der Waals surface area contributed by atoms with Crippen LogP contribution in [-0.4, -0.2) is 32.8 Å². The van der Waals surface area contributed by atoms with Crippen molar-refractivity contribution in [3.8, 4) is 0 Å². The topological polar surface area (TPSA) is 54.7 Å². The van der Waals surface area contributed by atoms with Gasteiger partial charge in [-0.05, 0) is 43.7 Å². The van der Waals surface area contributed by atoms with Crippen LogP contribution in [0, 0.1) is 5.92 Å². The summed E-state index contributed by atoms with van der Waals surface area (Å²) in [6, 6.07) is 5.69. The Kier molecular flexibility index (Phi) is 3.63. The first-order valence-electron chi connectivity index (χ1n) is 8.53. The molecule has 0 unspecified atom stereocenters. The van der Waals surface area contributed by atoms with Crippen LogP contribution >= 0.6 is 0 Å². The number of aromatic nitrogens is 2. The van der Waals surface area contributed by atoms with E-state index in [4.69, 9.17) is 0 Å². The number of carbonyl (C=O) groups is 1. The number of carbonyl (C=O) groups excluding carboxylic acids is 1. The van der Waals surface area contributed by atoms with Gasteiger partial charge >= 0.3 is 0 Å². The van der Waals surface area contributed by atoms with Gasteiger partial charge in [0.2, 0.25) is 0 Å². The summed E-state index contributed by atoms with van der Waals surface area (Å²) < 4.78 is 1.45. The Hall–Kier alpha value is -2.17. The van der Waals surface area contributed by atoms with E-state index >= 15 is 0 Å². The number of hydrogen-bond acceptors (Lipinski definition) is 3. The SMILES string of the molecule is O=C(c1cnc2ccccn2c1=O)N1CCC[C@H]2CCCC[C@@H]21. The van der Waals surface area contributed by atoms with Gasteiger partial charge in [-0.15, -0.1) is 0 Å². The smallest absolute Gasteiger partial charge is 0.270 e. The third kappa shape index (κ3) is 2.44. The van der Waals surface area contributed by atoms with E-state index < -0.39 is 0 Å². The molecular formula is C18H21N3O2. The van der Waals surface area contributed by atoms with E-state index in [1.165, 1.54) is 36.3 Å². The first-order chi connectivity index (χ1) is 11.3. The van der Waals surface area contributed by atoms with Crippen LogP contribution in [0.5, 0.6) is 0 Å². The van der Waals surface area contributed by atoms with Crippen molar-refractivity contribution in [2.24, 2.45) is 5.92 Å². The molecule has 2 aromatic rings. The van der Waals surface area contributed by atoms with Gasteiger partial charge in [0.15, 0.2) is 0 Å². The predicted octanol–water partition coefficient (Wildman–Crippen LogP) is 2.49. The van der Waals surface area contributed by atoms with Crippen LogP contribution in [0.15, 0.2) is 35.4 Å². The average molecular weight is 311 g/mol. The number of likely N-dealkylation sites (tertiary alicyclic amines) is 1. The Morgan fingerprint density at radius 1 is 1.13 bits per heavy atom. The molecular weight excluding hydrogens is 290 g/mol. The maximum atomic E-state index is 13.0. The molecule has 23 heavy (non-hydrogen) atoms. The quantitative estimate of drug-likeness (QED) is 0.813. The summed E-state index contributed by atoms with van der Waals surface area (Å²) in [6.07, 6.45) is 10.1. The molecule has 5 heteroatoms. The lowest BCUT2D eigenvalue weighted by atomic mass is 9.78. The molecule has 4 rings (SSSR count). The summed E-state index contributed by atoms with van der Waals surface area (Å²) >= 11 is 0. The maximum Gasteiger partial charge on any atom is 0.270 e. The molecule has 2 aromatic heterocycles. The van der Waals surface area contributed by atoms with Gasteiger partial charge in [-0.2, -0.15) is 0 Å². The van der Waals surface area contributed by atoms with E-state index in [-0.39, 0.29) is 17.0 Å². The molecule has 1 saturated heterocycles. The summed E-state index contributed by atoms with van der Waals surface area (Å²) in [7, 11) is 0. The molecule has 2 fully saturated rings. The van der Waals surface area contributed by atoms with E-state index in [2.05, 4.69) is 4.98 Å². The highest BCUT2D eigenvalue weighted by Crippen LogP contribution is 2.35. The first kappa shape index (κ1) is 14.4. The van der Waals surface area contributed by atoms with E-state index in [1.807, 2.05) is 11.0 Å². The molecule has 5 nitrogen and oxygen atoms in total. The fourth-order valence-electron chi connectivity index (χ4n) is 4.21. The van der Waals surface area contributed by atoms with E-state index in [0.29, 0.717) is 17.6 Å². The van der Waals surface area contributed by atoms with Crippen molar-refractivity contribution in [2.75, 3.05) is 6.54 Å². The summed E-state index contributed by atoms with van der Waals surface area (Å²) in [4.78, 5) is 31.9. The Balaban J connectivity index is 1.71. The van der Waals surface area contributed by atoms with Crippen molar-refractivity contribution in [3.63, 3.8) is 0 Å². The number of hydrogen-bond donors (Lipinski definition) is 0. The zero-order valence-electron chi connectivity index (χ0n) is 13.1. The second-order valence-corrected chi connectivity index (χ2v) is 6.66. The lowest BCUT2D eigenvalue weighted by Gasteiger charge is -2.44. The lowest BCUT2D eigenvalue weighted by molar-refractivity contribution is 0.0388. The minimum Gasteiger partial charge on any atom is -0.335 e. The number of rotatable bonds is 1. The molecule has 3 heterocycles. The zero-order valence-corrected chi connectivity index (χ0v) is 13.1. The fraction of sp³-hybridized carbons (Fsp3) is 0.500. The molecule has 120 valence electrons. The predicted molar refractivity (Wildman–Crippen MR) is 87.5 cm³/mol. The van der Waals surface area contributed by atoms with E-state index in [1.54, 1.807) is 18.3 Å². The van der Waals surface area contributed by atoms with Gasteiger partial charge in [0.05, 0.1) is 0 Å². The Morgan fingerprint density at radius 3 is 2.87 bits per heavy atom. The molecule has 0 N–H and O–H groups in total. The highest BCUT2D eigenvalue weighted by molar-refractivity contribution is 5.94. The third-order valence-electron chi connectivity index (χ3n) is 5.35. The highest BCUT2D eigenvalue weighted by atomic mass is 16.2. The normalized spacial score (nSPS) is 24.4. The zero-order chi connectivity index (χ0) is 15.8. The number of nitrogens with zero attached hydrogens (tertiary/aromatic N) is 3. The summed E-state index contributed by atoms with van der Waals surface area (Å²) in [5.74, 6) is 0.468. The molecule has 0 radical (unpaired) electrons. The third-order valence-corrected chi connectivity index (χ3v) is 5.35. The molecule has 1 amide bonds. The number of pyridine rings is 1. The Morgan fingerprint density at radius 2 is 1.96 bits per heavy atom. The van der Waals surface area contributed by atoms with Crippen LogP contribution in [0.4, 0.5) is 0 Å². The summed E-state index contributed by atoms with van der Waals surface area (Å²) in [5.41, 5.74) is 0.502. The summed E-state index contributed by atoms with van der Waals surface area (Å²) in [6.45, 7) is 0.761. The van der Waals surface area contributed by atoms with Crippen molar-refractivity contribution in [3.05, 3.63) is 46.5 Å². The monoisotopic (exact) mass is 311 g/mol. The van der Waals surface area contributed by atoms with Gasteiger partial charge in [-0.3, -0.25) is 14.0 Å². The van der Waals surface area contributed by atoms with Crippen molar-refractivity contribution in [2.45, 2.75) is 44.6 Å². The van der Waals surface area contributed by atoms with Crippen molar-refractivity contribution >= 4 is 11.6 Å². The van der Waals surface area contributed by atoms with Gasteiger partial charge in [0.25, 0.3) is 11.5 Å². The second kappa shape index (κ2) is 5.80. The van der Waals surface area contributed by atoms with Crippen LogP contribution in [0.2, 0.25) is 0 Å². The van der Waals surface area contributed by atoms with Crippen molar-refractivity contribution < 1.29 is 4.79 Å². The van der Waals surface area contributed by atoms with Gasteiger partial charge in [0, 0.05) is 25.0 Å². The van der Waals surface area contributed by atoms with Crippen LogP contribution in [0.3, 0.4) is 0 Å². The molecule has 0 aromatic carbocycles. The highest BCUT2D eigenvalue weighted by Gasteiger charge is 2.36. The van der Waals surface area contributed by atoms with Crippen LogP contribution < -0.4 is 5.56 Å². The lowest BCUT2D eigenvalue weighted by Crippen LogP contribution is -2.50. The minimum atomic E-state index is -0.265. The number of piperidine rings is 1. The molecule has 0 bridgehead atoms. The molecule has 2 aliphatic rings. The van der Waals surface area contributed by atoms with Gasteiger partial charge in [-0.25, -0.2) is 4.98 Å².